The molecular weight excluding hydrogens is 200 g/mol. The van der Waals surface area contributed by atoms with Gasteiger partial charge in [0.1, 0.15) is 0 Å². The van der Waals surface area contributed by atoms with Crippen LogP contribution < -0.4 is 5.32 Å². The van der Waals surface area contributed by atoms with Crippen LogP contribution in [0.2, 0.25) is 0 Å². The average molecular weight is 220 g/mol. The number of hydrogen-bond acceptors (Lipinski definition) is 3. The smallest absolute Gasteiger partial charge is 0.203 e. The molecule has 2 fully saturated rings. The summed E-state index contributed by atoms with van der Waals surface area (Å²) < 4.78 is 2.08. The zero-order chi connectivity index (χ0) is 11.1. The van der Waals surface area contributed by atoms with Crippen LogP contribution in [0.3, 0.4) is 0 Å². The van der Waals surface area contributed by atoms with Crippen molar-refractivity contribution in [3.63, 3.8) is 0 Å². The third-order valence-corrected chi connectivity index (χ3v) is 3.61. The Morgan fingerprint density at radius 3 is 2.81 bits per heavy atom. The van der Waals surface area contributed by atoms with Gasteiger partial charge in [-0.15, -0.1) is 0 Å². The van der Waals surface area contributed by atoms with E-state index in [9.17, 15) is 0 Å². The third-order valence-electron chi connectivity index (χ3n) is 3.61. The van der Waals surface area contributed by atoms with E-state index in [4.69, 9.17) is 0 Å². The lowest BCUT2D eigenvalue weighted by atomic mass is 10.3. The maximum Gasteiger partial charge on any atom is 0.203 e. The minimum Gasteiger partial charge on any atom is -0.352 e. The molecule has 1 aromatic rings. The number of nitrogens with one attached hydrogen (secondary N) is 1. The van der Waals surface area contributed by atoms with Gasteiger partial charge in [0.15, 0.2) is 0 Å². The number of rotatable bonds is 3. The first kappa shape index (κ1) is 10.1. The second-order valence-electron chi connectivity index (χ2n) is 5.17. The number of likely N-dealkylation sites (tertiary alicyclic amines) is 1. The number of aryl methyl sites for hydroxylation is 2. The van der Waals surface area contributed by atoms with Crippen LogP contribution in [0.1, 0.15) is 25.0 Å². The molecule has 0 spiro atoms. The molecule has 1 aliphatic carbocycles. The van der Waals surface area contributed by atoms with Gasteiger partial charge in [-0.05, 0) is 26.2 Å². The Hall–Kier alpha value is -1.03. The minimum atomic E-state index is 0.584. The lowest BCUT2D eigenvalue weighted by Crippen LogP contribution is -2.28. The highest BCUT2D eigenvalue weighted by Gasteiger charge is 2.34. The van der Waals surface area contributed by atoms with Gasteiger partial charge >= 0.3 is 0 Å². The fraction of sp³-hybridized carbons (Fsp3) is 0.750. The number of nitrogens with zero attached hydrogens (tertiary/aromatic N) is 3. The molecule has 4 nitrogen and oxygen atoms in total. The fourth-order valence-electron chi connectivity index (χ4n) is 2.61. The summed E-state index contributed by atoms with van der Waals surface area (Å²) in [6.45, 7) is 4.48. The van der Waals surface area contributed by atoms with E-state index in [1.54, 1.807) is 0 Å². The summed E-state index contributed by atoms with van der Waals surface area (Å²) in [6.07, 6.45) is 6.14. The molecule has 4 heteroatoms. The van der Waals surface area contributed by atoms with E-state index in [1.165, 1.54) is 32.4 Å². The number of hydrogen-bond donors (Lipinski definition) is 1. The van der Waals surface area contributed by atoms with E-state index in [0.717, 1.165) is 17.7 Å². The summed E-state index contributed by atoms with van der Waals surface area (Å²) in [5.74, 6) is 1.01. The van der Waals surface area contributed by atoms with Crippen LogP contribution >= 0.6 is 0 Å². The average Bonchev–Trinajstić information content (AvgIpc) is 2.91. The Bertz CT molecular complexity index is 380. The summed E-state index contributed by atoms with van der Waals surface area (Å²) in [7, 11) is 2.05. The molecule has 88 valence electrons. The SMILES string of the molecule is Cc1cn(C)c(NC2CCN(C3CC3)C2)n1. The number of anilines is 1. The standard InChI is InChI=1S/C12H20N4/c1-9-7-15(2)12(13-9)14-10-5-6-16(8-10)11-3-4-11/h7,10-11H,3-6,8H2,1-2H3,(H,13,14). The van der Waals surface area contributed by atoms with Crippen molar-refractivity contribution in [2.24, 2.45) is 7.05 Å². The summed E-state index contributed by atoms with van der Waals surface area (Å²) in [4.78, 5) is 7.11. The highest BCUT2D eigenvalue weighted by molar-refractivity contribution is 5.30. The van der Waals surface area contributed by atoms with Gasteiger partial charge in [-0.2, -0.15) is 0 Å². The molecular formula is C12H20N4. The molecule has 2 aliphatic rings. The van der Waals surface area contributed by atoms with Gasteiger partial charge in [-0.3, -0.25) is 4.90 Å². The first-order chi connectivity index (χ1) is 7.72. The van der Waals surface area contributed by atoms with Crippen LogP contribution in [0.25, 0.3) is 0 Å². The first-order valence-electron chi connectivity index (χ1n) is 6.23. The Labute approximate surface area is 96.7 Å². The van der Waals surface area contributed by atoms with Crippen molar-refractivity contribution in [2.45, 2.75) is 38.3 Å². The van der Waals surface area contributed by atoms with Crippen molar-refractivity contribution in [2.75, 3.05) is 18.4 Å². The van der Waals surface area contributed by atoms with Crippen molar-refractivity contribution < 1.29 is 0 Å². The van der Waals surface area contributed by atoms with Gasteiger partial charge < -0.3 is 9.88 Å². The molecule has 1 saturated heterocycles. The summed E-state index contributed by atoms with van der Waals surface area (Å²) >= 11 is 0. The van der Waals surface area contributed by atoms with Crippen molar-refractivity contribution in [1.82, 2.24) is 14.5 Å². The fourth-order valence-corrected chi connectivity index (χ4v) is 2.61. The largest absolute Gasteiger partial charge is 0.352 e. The molecule has 1 unspecified atom stereocenters. The second-order valence-corrected chi connectivity index (χ2v) is 5.17. The summed E-state index contributed by atoms with van der Waals surface area (Å²) in [5.41, 5.74) is 1.09. The van der Waals surface area contributed by atoms with E-state index < -0.39 is 0 Å². The molecule has 1 N–H and O–H groups in total. The van der Waals surface area contributed by atoms with Gasteiger partial charge in [-0.25, -0.2) is 4.98 Å². The van der Waals surface area contributed by atoms with Gasteiger partial charge in [-0.1, -0.05) is 0 Å². The van der Waals surface area contributed by atoms with Gasteiger partial charge in [0.2, 0.25) is 5.95 Å². The van der Waals surface area contributed by atoms with E-state index in [2.05, 4.69) is 33.0 Å². The summed E-state index contributed by atoms with van der Waals surface area (Å²) in [5, 5.41) is 3.55. The lowest BCUT2D eigenvalue weighted by molar-refractivity contribution is 0.326. The Morgan fingerprint density at radius 1 is 1.38 bits per heavy atom. The molecule has 1 aromatic heterocycles. The maximum atomic E-state index is 4.49. The second kappa shape index (κ2) is 3.77. The Balaban J connectivity index is 1.60. The van der Waals surface area contributed by atoms with Crippen molar-refractivity contribution in [3.8, 4) is 0 Å². The Kier molecular flexibility index (Phi) is 2.39. The zero-order valence-corrected chi connectivity index (χ0v) is 10.1. The van der Waals surface area contributed by atoms with E-state index >= 15 is 0 Å². The number of aromatic nitrogens is 2. The van der Waals surface area contributed by atoms with Gasteiger partial charge in [0.25, 0.3) is 0 Å². The molecule has 3 rings (SSSR count). The molecule has 1 aliphatic heterocycles. The monoisotopic (exact) mass is 220 g/mol. The first-order valence-corrected chi connectivity index (χ1v) is 6.23. The number of imidazole rings is 1. The minimum absolute atomic E-state index is 0.584. The molecule has 1 atom stereocenters. The highest BCUT2D eigenvalue weighted by Crippen LogP contribution is 2.30. The predicted octanol–water partition coefficient (Wildman–Crippen LogP) is 1.38. The van der Waals surface area contributed by atoms with Gasteiger partial charge in [0, 0.05) is 38.4 Å². The van der Waals surface area contributed by atoms with Gasteiger partial charge in [0.05, 0.1) is 5.69 Å². The van der Waals surface area contributed by atoms with Crippen LogP contribution in [0.15, 0.2) is 6.20 Å². The van der Waals surface area contributed by atoms with E-state index in [-0.39, 0.29) is 0 Å². The third kappa shape index (κ3) is 1.94. The zero-order valence-electron chi connectivity index (χ0n) is 10.1. The predicted molar refractivity (Wildman–Crippen MR) is 64.6 cm³/mol. The molecule has 0 amide bonds. The summed E-state index contributed by atoms with van der Waals surface area (Å²) in [6, 6.07) is 1.48. The van der Waals surface area contributed by atoms with Crippen molar-refractivity contribution in [1.29, 1.82) is 0 Å². The molecule has 0 aromatic carbocycles. The molecule has 16 heavy (non-hydrogen) atoms. The molecule has 0 bridgehead atoms. The molecule has 0 radical (unpaired) electrons. The quantitative estimate of drug-likeness (QED) is 0.835. The normalized spacial score (nSPS) is 26.2. The Morgan fingerprint density at radius 2 is 2.19 bits per heavy atom. The van der Waals surface area contributed by atoms with Crippen molar-refractivity contribution >= 4 is 5.95 Å². The lowest BCUT2D eigenvalue weighted by Gasteiger charge is -2.16. The van der Waals surface area contributed by atoms with Crippen LogP contribution in [-0.2, 0) is 7.05 Å². The van der Waals surface area contributed by atoms with Crippen molar-refractivity contribution in [3.05, 3.63) is 11.9 Å². The molecule has 1 saturated carbocycles. The molecule has 2 heterocycles. The van der Waals surface area contributed by atoms with E-state index in [1.807, 2.05) is 6.92 Å². The van der Waals surface area contributed by atoms with Crippen LogP contribution in [0.5, 0.6) is 0 Å². The van der Waals surface area contributed by atoms with Crippen LogP contribution in [0, 0.1) is 6.92 Å². The highest BCUT2D eigenvalue weighted by atomic mass is 15.3. The van der Waals surface area contributed by atoms with Crippen LogP contribution in [0.4, 0.5) is 5.95 Å². The van der Waals surface area contributed by atoms with Crippen LogP contribution in [-0.4, -0.2) is 39.6 Å². The van der Waals surface area contributed by atoms with E-state index in [0.29, 0.717) is 6.04 Å². The maximum absolute atomic E-state index is 4.49. The topological polar surface area (TPSA) is 33.1 Å².